The van der Waals surface area contributed by atoms with Crippen molar-refractivity contribution in [3.05, 3.63) is 65.7 Å². The van der Waals surface area contributed by atoms with Gasteiger partial charge in [-0.15, -0.1) is 0 Å². The van der Waals surface area contributed by atoms with Crippen LogP contribution in [-0.4, -0.2) is 18.9 Å². The highest BCUT2D eigenvalue weighted by atomic mass is 16.7. The highest BCUT2D eigenvalue weighted by molar-refractivity contribution is 5.97. The quantitative estimate of drug-likeness (QED) is 0.385. The Balaban J connectivity index is 2.06. The van der Waals surface area contributed by atoms with Gasteiger partial charge in [-0.2, -0.15) is 0 Å². The lowest BCUT2D eigenvalue weighted by atomic mass is 9.97. The zero-order chi connectivity index (χ0) is 16.7. The van der Waals surface area contributed by atoms with E-state index >= 15 is 0 Å². The van der Waals surface area contributed by atoms with E-state index in [1.54, 1.807) is 31.4 Å². The van der Waals surface area contributed by atoms with Gasteiger partial charge >= 0.3 is 5.97 Å². The van der Waals surface area contributed by atoms with Crippen LogP contribution >= 0.6 is 0 Å². The molecule has 5 heteroatoms. The Morgan fingerprint density at radius 2 is 1.78 bits per heavy atom. The van der Waals surface area contributed by atoms with E-state index in [9.17, 15) is 4.79 Å². The van der Waals surface area contributed by atoms with Crippen molar-refractivity contribution < 1.29 is 14.4 Å². The normalized spacial score (nSPS) is 12.5. The number of amidine groups is 1. The lowest BCUT2D eigenvalue weighted by Crippen LogP contribution is -2.18. The Morgan fingerprint density at radius 1 is 1.13 bits per heavy atom. The van der Waals surface area contributed by atoms with Crippen LogP contribution in [0.3, 0.4) is 0 Å². The fourth-order valence-electron chi connectivity index (χ4n) is 2.20. The predicted molar refractivity (Wildman–Crippen MR) is 89.3 cm³/mol. The molecule has 0 fully saturated rings. The number of rotatable bonds is 6. The van der Waals surface area contributed by atoms with Crippen LogP contribution in [0.15, 0.2) is 59.8 Å². The van der Waals surface area contributed by atoms with E-state index in [1.807, 2.05) is 37.3 Å². The molecule has 2 N–H and O–H groups in total. The minimum atomic E-state index is -0.421. The van der Waals surface area contributed by atoms with Gasteiger partial charge in [0.05, 0.1) is 13.0 Å². The van der Waals surface area contributed by atoms with Crippen LogP contribution in [0, 0.1) is 0 Å². The monoisotopic (exact) mass is 312 g/mol. The van der Waals surface area contributed by atoms with Gasteiger partial charge in [-0.3, -0.25) is 0 Å². The Hall–Kier alpha value is -2.82. The molecule has 0 aliphatic heterocycles. The van der Waals surface area contributed by atoms with Crippen LogP contribution in [0.25, 0.3) is 0 Å². The second-order valence-electron chi connectivity index (χ2n) is 4.99. The van der Waals surface area contributed by atoms with Gasteiger partial charge in [0.2, 0.25) is 0 Å². The van der Waals surface area contributed by atoms with Gasteiger partial charge in [0, 0.05) is 5.56 Å². The molecule has 0 spiro atoms. The standard InChI is InChI=1S/C18H20N2O3/c1-3-16(13-7-5-4-6-8-13)18(21)23-20-17(19)14-9-11-15(22-2)12-10-14/h4-12,16H,3H2,1-2H3,(H2,19,20). The van der Waals surface area contributed by atoms with Crippen molar-refractivity contribution in [1.82, 2.24) is 0 Å². The number of nitrogens with zero attached hydrogens (tertiary/aromatic N) is 1. The smallest absolute Gasteiger partial charge is 0.342 e. The van der Waals surface area contributed by atoms with Crippen molar-refractivity contribution in [3.63, 3.8) is 0 Å². The van der Waals surface area contributed by atoms with Crippen LogP contribution in [0.2, 0.25) is 0 Å². The van der Waals surface area contributed by atoms with Gasteiger partial charge in [-0.05, 0) is 36.2 Å². The summed E-state index contributed by atoms with van der Waals surface area (Å²) in [5, 5.41) is 3.75. The number of methoxy groups -OCH3 is 1. The molecule has 2 rings (SSSR count). The Labute approximate surface area is 135 Å². The van der Waals surface area contributed by atoms with Crippen LogP contribution in [0.1, 0.15) is 30.4 Å². The van der Waals surface area contributed by atoms with Gasteiger partial charge in [-0.25, -0.2) is 4.79 Å². The maximum absolute atomic E-state index is 12.2. The molecule has 0 aromatic heterocycles. The lowest BCUT2D eigenvalue weighted by Gasteiger charge is -2.11. The van der Waals surface area contributed by atoms with E-state index in [0.29, 0.717) is 17.7 Å². The Bertz CT molecular complexity index is 666. The molecule has 0 bridgehead atoms. The average molecular weight is 312 g/mol. The van der Waals surface area contributed by atoms with E-state index in [0.717, 1.165) is 5.56 Å². The zero-order valence-electron chi connectivity index (χ0n) is 13.2. The van der Waals surface area contributed by atoms with Crippen molar-refractivity contribution in [2.75, 3.05) is 7.11 Å². The first-order valence-corrected chi connectivity index (χ1v) is 7.39. The first-order valence-electron chi connectivity index (χ1n) is 7.39. The third-order valence-corrected chi connectivity index (χ3v) is 3.51. The molecule has 0 amide bonds. The largest absolute Gasteiger partial charge is 0.497 e. The molecule has 0 aliphatic carbocycles. The number of oxime groups is 1. The number of hydrogen-bond donors (Lipinski definition) is 1. The van der Waals surface area contributed by atoms with Gasteiger partial charge in [0.1, 0.15) is 5.75 Å². The summed E-state index contributed by atoms with van der Waals surface area (Å²) >= 11 is 0. The average Bonchev–Trinajstić information content (AvgIpc) is 2.61. The molecule has 1 unspecified atom stereocenters. The Kier molecular flexibility index (Phi) is 5.74. The number of ether oxygens (including phenoxy) is 1. The predicted octanol–water partition coefficient (Wildman–Crippen LogP) is 3.05. The summed E-state index contributed by atoms with van der Waals surface area (Å²) in [7, 11) is 1.59. The van der Waals surface area contributed by atoms with E-state index in [4.69, 9.17) is 15.3 Å². The topological polar surface area (TPSA) is 73.9 Å². The van der Waals surface area contributed by atoms with Gasteiger partial charge in [-0.1, -0.05) is 42.4 Å². The molecule has 0 heterocycles. The molecule has 0 saturated carbocycles. The molecule has 23 heavy (non-hydrogen) atoms. The van der Waals surface area contributed by atoms with Crippen LogP contribution in [0.4, 0.5) is 0 Å². The van der Waals surface area contributed by atoms with Crippen LogP contribution < -0.4 is 10.5 Å². The first-order chi connectivity index (χ1) is 11.2. The molecule has 1 atom stereocenters. The third-order valence-electron chi connectivity index (χ3n) is 3.51. The zero-order valence-corrected chi connectivity index (χ0v) is 13.2. The molecule has 2 aromatic carbocycles. The molecule has 120 valence electrons. The van der Waals surface area contributed by atoms with E-state index in [2.05, 4.69) is 5.16 Å². The van der Waals surface area contributed by atoms with Crippen molar-refractivity contribution in [2.24, 2.45) is 10.9 Å². The van der Waals surface area contributed by atoms with Crippen molar-refractivity contribution in [3.8, 4) is 5.75 Å². The minimum absolute atomic E-state index is 0.143. The number of carbonyl (C=O) groups excluding carboxylic acids is 1. The third kappa shape index (κ3) is 4.32. The van der Waals surface area contributed by atoms with Crippen LogP contribution in [0.5, 0.6) is 5.75 Å². The van der Waals surface area contributed by atoms with E-state index in [-0.39, 0.29) is 11.8 Å². The summed E-state index contributed by atoms with van der Waals surface area (Å²) in [4.78, 5) is 17.2. The van der Waals surface area contributed by atoms with Gasteiger partial charge in [0.25, 0.3) is 0 Å². The Morgan fingerprint density at radius 3 is 2.35 bits per heavy atom. The van der Waals surface area contributed by atoms with Gasteiger partial charge < -0.3 is 15.3 Å². The fraction of sp³-hybridized carbons (Fsp3) is 0.222. The number of nitrogens with two attached hydrogens (primary N) is 1. The number of carbonyl (C=O) groups is 1. The molecule has 5 nitrogen and oxygen atoms in total. The first kappa shape index (κ1) is 16.5. The lowest BCUT2D eigenvalue weighted by molar-refractivity contribution is -0.145. The molecular formula is C18H20N2O3. The second kappa shape index (κ2) is 7.98. The van der Waals surface area contributed by atoms with E-state index < -0.39 is 5.97 Å². The molecule has 0 aliphatic rings. The summed E-state index contributed by atoms with van der Waals surface area (Å²) in [6.45, 7) is 1.93. The maximum atomic E-state index is 12.2. The fourth-order valence-corrected chi connectivity index (χ4v) is 2.20. The summed E-state index contributed by atoms with van der Waals surface area (Å²) < 4.78 is 5.08. The number of hydrogen-bond acceptors (Lipinski definition) is 4. The highest BCUT2D eigenvalue weighted by Gasteiger charge is 2.20. The van der Waals surface area contributed by atoms with Gasteiger partial charge in [0.15, 0.2) is 5.84 Å². The molecule has 2 aromatic rings. The van der Waals surface area contributed by atoms with Crippen molar-refractivity contribution in [1.29, 1.82) is 0 Å². The summed E-state index contributed by atoms with van der Waals surface area (Å²) in [5.41, 5.74) is 7.41. The van der Waals surface area contributed by atoms with Crippen LogP contribution in [-0.2, 0) is 9.63 Å². The highest BCUT2D eigenvalue weighted by Crippen LogP contribution is 2.21. The molecule has 0 radical (unpaired) electrons. The molecular weight excluding hydrogens is 292 g/mol. The van der Waals surface area contributed by atoms with E-state index in [1.165, 1.54) is 0 Å². The summed E-state index contributed by atoms with van der Waals surface area (Å²) in [5.74, 6) is 0.0800. The minimum Gasteiger partial charge on any atom is -0.497 e. The second-order valence-corrected chi connectivity index (χ2v) is 4.99. The summed E-state index contributed by atoms with van der Waals surface area (Å²) in [6.07, 6.45) is 0.626. The number of benzene rings is 2. The molecule has 0 saturated heterocycles. The SMILES string of the molecule is CCC(C(=O)ON=C(N)c1ccc(OC)cc1)c1ccccc1. The van der Waals surface area contributed by atoms with Crippen molar-refractivity contribution in [2.45, 2.75) is 19.3 Å². The van der Waals surface area contributed by atoms with Crippen molar-refractivity contribution >= 4 is 11.8 Å². The summed E-state index contributed by atoms with van der Waals surface area (Å²) in [6, 6.07) is 16.5. The maximum Gasteiger partial charge on any atom is 0.342 e.